The maximum absolute atomic E-state index is 5.25. The van der Waals surface area contributed by atoms with Crippen LogP contribution in [0, 0.1) is 0 Å². The van der Waals surface area contributed by atoms with Crippen LogP contribution in [0.3, 0.4) is 0 Å². The van der Waals surface area contributed by atoms with E-state index in [0.717, 1.165) is 31.0 Å². The van der Waals surface area contributed by atoms with Gasteiger partial charge in [0.2, 0.25) is 0 Å². The van der Waals surface area contributed by atoms with Crippen molar-refractivity contribution in [1.82, 2.24) is 9.88 Å². The van der Waals surface area contributed by atoms with E-state index >= 15 is 0 Å². The molecule has 1 fully saturated rings. The van der Waals surface area contributed by atoms with Gasteiger partial charge in [-0.15, -0.1) is 0 Å². The highest BCUT2D eigenvalue weighted by atomic mass is 79.9. The topological polar surface area (TPSA) is 25.4 Å². The second-order valence-corrected chi connectivity index (χ2v) is 3.89. The van der Waals surface area contributed by atoms with E-state index in [-0.39, 0.29) is 0 Å². The van der Waals surface area contributed by atoms with E-state index in [0.29, 0.717) is 0 Å². The van der Waals surface area contributed by atoms with Gasteiger partial charge >= 0.3 is 0 Å². The lowest BCUT2D eigenvalue weighted by Crippen LogP contribution is -2.19. The first kappa shape index (κ1) is 9.12. The van der Waals surface area contributed by atoms with Crippen molar-refractivity contribution in [2.24, 2.45) is 0 Å². The summed E-state index contributed by atoms with van der Waals surface area (Å²) in [6, 6.07) is 4.04. The Morgan fingerprint density at radius 3 is 3.08 bits per heavy atom. The molecule has 0 unspecified atom stereocenters. The minimum absolute atomic E-state index is 0.746. The number of aromatic nitrogens is 1. The summed E-state index contributed by atoms with van der Waals surface area (Å²) in [6.07, 6.45) is 1.89. The molecule has 2 heterocycles. The first-order valence-corrected chi connectivity index (χ1v) is 5.04. The molecule has 1 aromatic heterocycles. The molecular weight excluding hydrogens is 232 g/mol. The summed E-state index contributed by atoms with van der Waals surface area (Å²) in [5, 5.41) is 0. The highest BCUT2D eigenvalue weighted by molar-refractivity contribution is 9.10. The smallest absolute Gasteiger partial charge is 0.106 e. The summed E-state index contributed by atoms with van der Waals surface area (Å²) >= 11 is 3.31. The van der Waals surface area contributed by atoms with E-state index < -0.39 is 0 Å². The van der Waals surface area contributed by atoms with Gasteiger partial charge in [0, 0.05) is 19.3 Å². The second kappa shape index (κ2) is 4.17. The molecule has 0 spiro atoms. The molecular formula is C9H11BrN2O. The van der Waals surface area contributed by atoms with Gasteiger partial charge in [-0.3, -0.25) is 4.90 Å². The van der Waals surface area contributed by atoms with Crippen molar-refractivity contribution in [1.29, 1.82) is 0 Å². The lowest BCUT2D eigenvalue weighted by atomic mass is 10.3. The molecule has 0 amide bonds. The summed E-state index contributed by atoms with van der Waals surface area (Å²) < 4.78 is 6.13. The molecule has 0 saturated carbocycles. The van der Waals surface area contributed by atoms with Crippen molar-refractivity contribution in [3.63, 3.8) is 0 Å². The number of pyridine rings is 1. The van der Waals surface area contributed by atoms with Crippen LogP contribution in [0.1, 0.15) is 5.56 Å². The van der Waals surface area contributed by atoms with E-state index in [2.05, 4.69) is 31.9 Å². The lowest BCUT2D eigenvalue weighted by molar-refractivity contribution is 0.137. The maximum Gasteiger partial charge on any atom is 0.106 e. The monoisotopic (exact) mass is 242 g/mol. The first-order valence-electron chi connectivity index (χ1n) is 4.25. The molecule has 0 radical (unpaired) electrons. The fourth-order valence-corrected chi connectivity index (χ4v) is 1.57. The van der Waals surface area contributed by atoms with Gasteiger partial charge < -0.3 is 4.74 Å². The molecule has 1 saturated heterocycles. The molecule has 1 aliphatic rings. The Morgan fingerprint density at radius 1 is 1.54 bits per heavy atom. The van der Waals surface area contributed by atoms with E-state index in [9.17, 15) is 0 Å². The van der Waals surface area contributed by atoms with Gasteiger partial charge in [0.05, 0.1) is 13.3 Å². The minimum atomic E-state index is 0.746. The highest BCUT2D eigenvalue weighted by Crippen LogP contribution is 2.10. The number of ether oxygens (including phenoxy) is 1. The molecule has 4 heteroatoms. The molecule has 3 nitrogen and oxygen atoms in total. The van der Waals surface area contributed by atoms with Crippen LogP contribution in [0.15, 0.2) is 22.9 Å². The third-order valence-electron chi connectivity index (χ3n) is 2.02. The molecule has 1 aromatic rings. The Labute approximate surface area is 85.8 Å². The van der Waals surface area contributed by atoms with Gasteiger partial charge in [-0.1, -0.05) is 6.07 Å². The number of nitrogens with zero attached hydrogens (tertiary/aromatic N) is 2. The van der Waals surface area contributed by atoms with Crippen LogP contribution >= 0.6 is 15.9 Å². The Balaban J connectivity index is 1.97. The van der Waals surface area contributed by atoms with Crippen LogP contribution in [0.25, 0.3) is 0 Å². The molecule has 0 N–H and O–H groups in total. The maximum atomic E-state index is 5.25. The Kier molecular flexibility index (Phi) is 2.93. The first-order chi connectivity index (χ1) is 6.34. The zero-order chi connectivity index (χ0) is 9.10. The molecule has 0 aromatic carbocycles. The summed E-state index contributed by atoms with van der Waals surface area (Å²) in [5.74, 6) is 0. The molecule has 70 valence electrons. The van der Waals surface area contributed by atoms with Crippen molar-refractivity contribution in [3.05, 3.63) is 28.5 Å². The zero-order valence-corrected chi connectivity index (χ0v) is 8.83. The quantitative estimate of drug-likeness (QED) is 0.738. The molecule has 13 heavy (non-hydrogen) atoms. The van der Waals surface area contributed by atoms with Crippen LogP contribution in [0.2, 0.25) is 0 Å². The van der Waals surface area contributed by atoms with Crippen molar-refractivity contribution in [2.45, 2.75) is 6.54 Å². The highest BCUT2D eigenvalue weighted by Gasteiger charge is 2.11. The molecule has 2 rings (SSSR count). The fourth-order valence-electron chi connectivity index (χ4n) is 1.33. The van der Waals surface area contributed by atoms with Crippen molar-refractivity contribution in [3.8, 4) is 0 Å². The number of halogens is 1. The van der Waals surface area contributed by atoms with Crippen LogP contribution < -0.4 is 0 Å². The number of hydrogen-bond donors (Lipinski definition) is 0. The van der Waals surface area contributed by atoms with Crippen molar-refractivity contribution in [2.75, 3.05) is 19.9 Å². The Morgan fingerprint density at radius 2 is 2.46 bits per heavy atom. The third kappa shape index (κ3) is 2.49. The summed E-state index contributed by atoms with van der Waals surface area (Å²) in [7, 11) is 0. The summed E-state index contributed by atoms with van der Waals surface area (Å²) in [4.78, 5) is 6.43. The standard InChI is InChI=1S/C9H11BrN2O/c10-9-2-1-8(5-11-9)6-12-3-4-13-7-12/h1-2,5H,3-4,6-7H2. The van der Waals surface area contributed by atoms with Crippen LogP contribution in [-0.4, -0.2) is 29.8 Å². The summed E-state index contributed by atoms with van der Waals surface area (Å²) in [5.41, 5.74) is 1.23. The SMILES string of the molecule is Brc1ccc(CN2CCOC2)cn1. The normalized spacial score (nSPS) is 17.9. The zero-order valence-electron chi connectivity index (χ0n) is 7.24. The molecule has 1 aliphatic heterocycles. The Bertz CT molecular complexity index is 269. The van der Waals surface area contributed by atoms with Gasteiger partial charge in [0.15, 0.2) is 0 Å². The Hall–Kier alpha value is -0.450. The average Bonchev–Trinajstić information content (AvgIpc) is 2.62. The second-order valence-electron chi connectivity index (χ2n) is 3.08. The average molecular weight is 243 g/mol. The number of hydrogen-bond acceptors (Lipinski definition) is 3. The van der Waals surface area contributed by atoms with Gasteiger partial charge in [-0.2, -0.15) is 0 Å². The lowest BCUT2D eigenvalue weighted by Gasteiger charge is -2.11. The number of rotatable bonds is 2. The van der Waals surface area contributed by atoms with E-state index in [1.165, 1.54) is 5.56 Å². The van der Waals surface area contributed by atoms with E-state index in [4.69, 9.17) is 4.74 Å². The third-order valence-corrected chi connectivity index (χ3v) is 2.49. The van der Waals surface area contributed by atoms with Crippen LogP contribution in [0.4, 0.5) is 0 Å². The van der Waals surface area contributed by atoms with E-state index in [1.807, 2.05) is 12.3 Å². The molecule has 0 atom stereocenters. The van der Waals surface area contributed by atoms with Crippen LogP contribution in [-0.2, 0) is 11.3 Å². The molecule has 0 aliphatic carbocycles. The fraction of sp³-hybridized carbons (Fsp3) is 0.444. The minimum Gasteiger partial charge on any atom is -0.365 e. The van der Waals surface area contributed by atoms with Crippen molar-refractivity contribution < 1.29 is 4.74 Å². The predicted octanol–water partition coefficient (Wildman–Crippen LogP) is 1.63. The predicted molar refractivity (Wildman–Crippen MR) is 53.2 cm³/mol. The molecule has 0 bridgehead atoms. The van der Waals surface area contributed by atoms with Gasteiger partial charge in [0.1, 0.15) is 4.60 Å². The van der Waals surface area contributed by atoms with Crippen molar-refractivity contribution >= 4 is 15.9 Å². The van der Waals surface area contributed by atoms with Gasteiger partial charge in [0.25, 0.3) is 0 Å². The van der Waals surface area contributed by atoms with Gasteiger partial charge in [-0.25, -0.2) is 4.98 Å². The van der Waals surface area contributed by atoms with Crippen LogP contribution in [0.5, 0.6) is 0 Å². The largest absolute Gasteiger partial charge is 0.365 e. The van der Waals surface area contributed by atoms with E-state index in [1.54, 1.807) is 0 Å². The van der Waals surface area contributed by atoms with Gasteiger partial charge in [-0.05, 0) is 27.6 Å². The summed E-state index contributed by atoms with van der Waals surface area (Å²) in [6.45, 7) is 3.55.